The van der Waals surface area contributed by atoms with Gasteiger partial charge in [-0.2, -0.15) is 0 Å². The van der Waals surface area contributed by atoms with E-state index in [2.05, 4.69) is 20.3 Å². The topological polar surface area (TPSA) is 79.9 Å². The Morgan fingerprint density at radius 3 is 2.47 bits per heavy atom. The van der Waals surface area contributed by atoms with Crippen molar-refractivity contribution in [2.24, 2.45) is 0 Å². The van der Waals surface area contributed by atoms with E-state index in [4.69, 9.17) is 20.9 Å². The summed E-state index contributed by atoms with van der Waals surface area (Å²) in [6.07, 6.45) is 5.78. The molecule has 0 bridgehead atoms. The molecule has 0 radical (unpaired) electrons. The van der Waals surface area contributed by atoms with Crippen LogP contribution in [0.2, 0.25) is 5.15 Å². The Morgan fingerprint density at radius 2 is 1.79 bits per heavy atom. The molecule has 34 heavy (non-hydrogen) atoms. The van der Waals surface area contributed by atoms with Crippen LogP contribution in [0.1, 0.15) is 52.8 Å². The maximum atomic E-state index is 14.3. The van der Waals surface area contributed by atoms with Gasteiger partial charge in [-0.15, -0.1) is 5.10 Å². The summed E-state index contributed by atoms with van der Waals surface area (Å²) in [5, 5.41) is 9.50. The van der Waals surface area contributed by atoms with Gasteiger partial charge in [0, 0.05) is 11.7 Å². The van der Waals surface area contributed by atoms with Gasteiger partial charge in [-0.05, 0) is 46.2 Å². The van der Waals surface area contributed by atoms with Gasteiger partial charge >= 0.3 is 7.12 Å². The van der Waals surface area contributed by atoms with Crippen LogP contribution in [-0.4, -0.2) is 47.8 Å². The molecule has 1 fully saturated rings. The summed E-state index contributed by atoms with van der Waals surface area (Å²) >= 11 is 6.54. The smallest absolute Gasteiger partial charge is 0.399 e. The average molecular weight is 483 g/mol. The lowest BCUT2D eigenvalue weighted by Crippen LogP contribution is -2.41. The molecule has 1 aromatic carbocycles. The second-order valence-corrected chi connectivity index (χ2v) is 9.76. The molecule has 5 rings (SSSR count). The Morgan fingerprint density at radius 1 is 1.09 bits per heavy atom. The van der Waals surface area contributed by atoms with Crippen LogP contribution in [0.3, 0.4) is 0 Å². The number of nitrogens with zero attached hydrogens (tertiary/aromatic N) is 6. The van der Waals surface area contributed by atoms with Crippen molar-refractivity contribution >= 4 is 35.2 Å². The van der Waals surface area contributed by atoms with Gasteiger partial charge in [0.05, 0.1) is 28.8 Å². The van der Waals surface area contributed by atoms with Crippen molar-refractivity contribution in [2.45, 2.75) is 58.3 Å². The van der Waals surface area contributed by atoms with E-state index in [0.717, 1.165) is 5.46 Å². The van der Waals surface area contributed by atoms with Crippen LogP contribution in [0.5, 0.6) is 0 Å². The Labute approximate surface area is 202 Å². The highest BCUT2D eigenvalue weighted by atomic mass is 35.5. The fraction of sp³-hybridized carbons (Fsp3) is 0.391. The summed E-state index contributed by atoms with van der Waals surface area (Å²) in [5.74, 6) is -0.374. The lowest BCUT2D eigenvalue weighted by molar-refractivity contribution is 0.00578. The molecule has 4 heterocycles. The lowest BCUT2D eigenvalue weighted by Gasteiger charge is -2.32. The summed E-state index contributed by atoms with van der Waals surface area (Å²) < 4.78 is 30.3. The molecule has 4 aromatic rings. The Hall–Kier alpha value is -2.82. The van der Waals surface area contributed by atoms with Crippen molar-refractivity contribution in [3.8, 4) is 5.69 Å². The van der Waals surface area contributed by atoms with Crippen molar-refractivity contribution in [2.75, 3.05) is 0 Å². The quantitative estimate of drug-likeness (QED) is 0.315. The van der Waals surface area contributed by atoms with Crippen LogP contribution in [0.25, 0.3) is 16.7 Å². The monoisotopic (exact) mass is 482 g/mol. The van der Waals surface area contributed by atoms with E-state index in [0.29, 0.717) is 34.0 Å². The van der Waals surface area contributed by atoms with E-state index >= 15 is 0 Å². The van der Waals surface area contributed by atoms with Gasteiger partial charge in [-0.1, -0.05) is 35.9 Å². The molecular weight excluding hydrogens is 458 g/mol. The minimum Gasteiger partial charge on any atom is -0.399 e. The number of fused-ring (bicyclic) bond motifs is 1. The van der Waals surface area contributed by atoms with Gasteiger partial charge in [0.2, 0.25) is 0 Å². The third-order valence-electron chi connectivity index (χ3n) is 6.77. The predicted octanol–water partition coefficient (Wildman–Crippen LogP) is 4.10. The second-order valence-electron chi connectivity index (χ2n) is 9.41. The lowest BCUT2D eigenvalue weighted by atomic mass is 9.79. The van der Waals surface area contributed by atoms with E-state index in [1.165, 1.54) is 17.1 Å². The number of para-hydroxylation sites is 1. The molecule has 176 valence electrons. The molecule has 0 amide bonds. The van der Waals surface area contributed by atoms with Crippen molar-refractivity contribution in [1.29, 1.82) is 0 Å². The van der Waals surface area contributed by atoms with Gasteiger partial charge in [-0.25, -0.2) is 19.0 Å². The molecule has 0 aliphatic carbocycles. The molecule has 0 saturated carbocycles. The second kappa shape index (κ2) is 8.14. The zero-order chi connectivity index (χ0) is 24.3. The summed E-state index contributed by atoms with van der Waals surface area (Å²) in [5.41, 5.74) is 1.35. The molecule has 0 spiro atoms. The molecule has 1 aliphatic rings. The van der Waals surface area contributed by atoms with E-state index in [1.807, 2.05) is 45.4 Å². The maximum absolute atomic E-state index is 14.3. The Balaban J connectivity index is 1.61. The highest BCUT2D eigenvalue weighted by Crippen LogP contribution is 2.38. The van der Waals surface area contributed by atoms with Crippen molar-refractivity contribution < 1.29 is 13.7 Å². The minimum absolute atomic E-state index is 0.231. The SMILES string of the molecule is CCC(c1cn(-c2ccccc2F)nn1)n1cc(B2OC(C)(C)C(C)(C)O2)c2c(Cl)ncnc21. The summed E-state index contributed by atoms with van der Waals surface area (Å²) in [6.45, 7) is 10.0. The molecule has 1 saturated heterocycles. The summed E-state index contributed by atoms with van der Waals surface area (Å²) in [4.78, 5) is 8.71. The maximum Gasteiger partial charge on any atom is 0.497 e. The highest BCUT2D eigenvalue weighted by molar-refractivity contribution is 6.66. The van der Waals surface area contributed by atoms with Crippen LogP contribution >= 0.6 is 11.6 Å². The summed E-state index contributed by atoms with van der Waals surface area (Å²) in [6, 6.07) is 6.21. The molecule has 8 nitrogen and oxygen atoms in total. The standard InChI is InChI=1S/C23H25BClFN6O2/c1-6-17(16-12-32(30-29-16)18-10-8-7-9-15(18)26)31-11-14(19-20(25)27-13-28-21(19)31)24-33-22(2,3)23(4,5)34-24/h7-13,17H,6H2,1-5H3. The van der Waals surface area contributed by atoms with Gasteiger partial charge in [0.15, 0.2) is 0 Å². The third kappa shape index (κ3) is 3.61. The fourth-order valence-corrected chi connectivity index (χ4v) is 4.43. The van der Waals surface area contributed by atoms with Gasteiger partial charge < -0.3 is 13.9 Å². The molecule has 3 aromatic heterocycles. The van der Waals surface area contributed by atoms with Gasteiger partial charge in [0.25, 0.3) is 0 Å². The molecule has 1 unspecified atom stereocenters. The number of hydrogen-bond donors (Lipinski definition) is 0. The van der Waals surface area contributed by atoms with Crippen molar-refractivity contribution in [3.63, 3.8) is 0 Å². The number of aromatic nitrogens is 6. The van der Waals surface area contributed by atoms with Crippen LogP contribution in [0.15, 0.2) is 43.0 Å². The largest absolute Gasteiger partial charge is 0.497 e. The number of hydrogen-bond acceptors (Lipinski definition) is 6. The zero-order valence-corrected chi connectivity index (χ0v) is 20.4. The first kappa shape index (κ1) is 23.0. The third-order valence-corrected chi connectivity index (χ3v) is 7.06. The number of halogens is 2. The fourth-order valence-electron chi connectivity index (χ4n) is 4.19. The van der Waals surface area contributed by atoms with Crippen LogP contribution in [0.4, 0.5) is 4.39 Å². The van der Waals surface area contributed by atoms with E-state index in [-0.39, 0.29) is 11.9 Å². The van der Waals surface area contributed by atoms with Gasteiger partial charge in [-0.3, -0.25) is 0 Å². The number of rotatable bonds is 5. The minimum atomic E-state index is -0.635. The first-order valence-electron chi connectivity index (χ1n) is 11.2. The van der Waals surface area contributed by atoms with Crippen molar-refractivity contribution in [3.05, 3.63) is 59.7 Å². The van der Waals surface area contributed by atoms with Crippen LogP contribution < -0.4 is 5.46 Å². The molecule has 11 heteroatoms. The highest BCUT2D eigenvalue weighted by Gasteiger charge is 2.52. The average Bonchev–Trinajstić information content (AvgIpc) is 3.45. The van der Waals surface area contributed by atoms with Gasteiger partial charge in [0.1, 0.15) is 34.3 Å². The van der Waals surface area contributed by atoms with E-state index in [1.54, 1.807) is 24.4 Å². The molecule has 1 aliphatic heterocycles. The molecule has 1 atom stereocenters. The number of benzene rings is 1. The van der Waals surface area contributed by atoms with E-state index < -0.39 is 18.3 Å². The van der Waals surface area contributed by atoms with Crippen molar-refractivity contribution in [1.82, 2.24) is 29.5 Å². The predicted molar refractivity (Wildman–Crippen MR) is 128 cm³/mol. The first-order valence-corrected chi connectivity index (χ1v) is 11.5. The Bertz CT molecular complexity index is 1350. The molecular formula is C23H25BClFN6O2. The zero-order valence-electron chi connectivity index (χ0n) is 19.7. The normalized spacial score (nSPS) is 18.0. The van der Waals surface area contributed by atoms with Crippen LogP contribution in [0, 0.1) is 5.82 Å². The summed E-state index contributed by atoms with van der Waals surface area (Å²) in [7, 11) is -0.635. The van der Waals surface area contributed by atoms with E-state index in [9.17, 15) is 4.39 Å². The molecule has 0 N–H and O–H groups in total. The first-order chi connectivity index (χ1) is 16.1. The Kier molecular flexibility index (Phi) is 5.50. The van der Waals surface area contributed by atoms with Crippen LogP contribution in [-0.2, 0) is 9.31 Å².